The van der Waals surface area contributed by atoms with E-state index in [0.29, 0.717) is 23.2 Å². The molecular weight excluding hydrogens is 456 g/mol. The van der Waals surface area contributed by atoms with Gasteiger partial charge in [-0.1, -0.05) is 6.07 Å². The zero-order valence-corrected chi connectivity index (χ0v) is 20.0. The van der Waals surface area contributed by atoms with Crippen LogP contribution in [0.15, 0.2) is 79.3 Å². The first kappa shape index (κ1) is 22.9. The molecule has 2 aromatic carbocycles. The molecule has 5 rings (SSSR count). The minimum absolute atomic E-state index is 0.213. The third kappa shape index (κ3) is 4.41. The lowest BCUT2D eigenvalue weighted by Crippen LogP contribution is -2.19. The average molecular weight is 481 g/mol. The van der Waals surface area contributed by atoms with Gasteiger partial charge in [0.15, 0.2) is 11.4 Å². The van der Waals surface area contributed by atoms with E-state index in [0.717, 1.165) is 27.8 Å². The van der Waals surface area contributed by atoms with Crippen molar-refractivity contribution in [1.82, 2.24) is 24.8 Å². The summed E-state index contributed by atoms with van der Waals surface area (Å²) in [5.74, 6) is 1.92. The van der Waals surface area contributed by atoms with E-state index >= 15 is 0 Å². The molecule has 0 spiro atoms. The summed E-state index contributed by atoms with van der Waals surface area (Å²) in [7, 11) is 5.12. The summed E-state index contributed by atoms with van der Waals surface area (Å²) in [5.41, 5.74) is 4.71. The van der Waals surface area contributed by atoms with Crippen LogP contribution in [-0.2, 0) is 7.05 Å². The third-order valence-corrected chi connectivity index (χ3v) is 5.75. The lowest BCUT2D eigenvalue weighted by atomic mass is 10.1. The Morgan fingerprint density at radius 1 is 0.944 bits per heavy atom. The highest BCUT2D eigenvalue weighted by molar-refractivity contribution is 5.94. The number of ether oxygens (including phenoxy) is 2. The van der Waals surface area contributed by atoms with Gasteiger partial charge in [-0.05, 0) is 59.7 Å². The standard InChI is InChI=1S/C27H24N6O3/c1-28-26(34)25-24(5-4-12-30-25)36-19-7-8-22-20(16-19)31-27(33(22)2)32-21-15-18(6-9-23(21)35-3)17-10-13-29-14-11-17/h4-16H,1-3H3,(H,28,34)(H,31,32). The summed E-state index contributed by atoms with van der Waals surface area (Å²) < 4.78 is 13.5. The van der Waals surface area contributed by atoms with E-state index in [-0.39, 0.29) is 11.6 Å². The maximum absolute atomic E-state index is 12.1. The number of fused-ring (bicyclic) bond motifs is 1. The molecule has 0 aliphatic rings. The Labute approximate surface area is 207 Å². The van der Waals surface area contributed by atoms with Gasteiger partial charge < -0.3 is 24.7 Å². The predicted molar refractivity (Wildman–Crippen MR) is 138 cm³/mol. The number of aromatic nitrogens is 4. The number of pyridine rings is 2. The molecule has 1 amide bonds. The molecule has 0 saturated carbocycles. The minimum Gasteiger partial charge on any atom is -0.495 e. The lowest BCUT2D eigenvalue weighted by molar-refractivity contribution is 0.0955. The number of nitrogens with one attached hydrogen (secondary N) is 2. The van der Waals surface area contributed by atoms with Crippen molar-refractivity contribution in [3.8, 4) is 28.4 Å². The van der Waals surface area contributed by atoms with Crippen LogP contribution in [0.2, 0.25) is 0 Å². The quantitative estimate of drug-likeness (QED) is 0.340. The number of benzene rings is 2. The molecule has 180 valence electrons. The largest absolute Gasteiger partial charge is 0.495 e. The second kappa shape index (κ2) is 9.75. The number of carbonyl (C=O) groups excluding carboxylic acids is 1. The Bertz CT molecular complexity index is 1550. The monoisotopic (exact) mass is 480 g/mol. The molecule has 0 radical (unpaired) electrons. The smallest absolute Gasteiger partial charge is 0.273 e. The zero-order valence-electron chi connectivity index (χ0n) is 20.0. The maximum Gasteiger partial charge on any atom is 0.273 e. The van der Waals surface area contributed by atoms with E-state index in [1.807, 2.05) is 60.1 Å². The molecule has 3 aromatic heterocycles. The van der Waals surface area contributed by atoms with Gasteiger partial charge in [-0.25, -0.2) is 9.97 Å². The number of carbonyl (C=O) groups is 1. The van der Waals surface area contributed by atoms with Crippen molar-refractivity contribution in [1.29, 1.82) is 0 Å². The summed E-state index contributed by atoms with van der Waals surface area (Å²) >= 11 is 0. The number of methoxy groups -OCH3 is 1. The first-order chi connectivity index (χ1) is 17.6. The van der Waals surface area contributed by atoms with E-state index in [9.17, 15) is 4.79 Å². The molecule has 0 aliphatic carbocycles. The van der Waals surface area contributed by atoms with Crippen LogP contribution in [0.1, 0.15) is 10.5 Å². The maximum atomic E-state index is 12.1. The van der Waals surface area contributed by atoms with E-state index in [4.69, 9.17) is 14.5 Å². The lowest BCUT2D eigenvalue weighted by Gasteiger charge is -2.13. The molecular formula is C27H24N6O3. The number of hydrogen-bond donors (Lipinski definition) is 2. The second-order valence-corrected chi connectivity index (χ2v) is 7.95. The van der Waals surface area contributed by atoms with E-state index in [2.05, 4.69) is 20.6 Å². The van der Waals surface area contributed by atoms with Crippen molar-refractivity contribution in [2.75, 3.05) is 19.5 Å². The average Bonchev–Trinajstić information content (AvgIpc) is 3.23. The summed E-state index contributed by atoms with van der Waals surface area (Å²) in [4.78, 5) is 25.1. The van der Waals surface area contributed by atoms with Crippen LogP contribution >= 0.6 is 0 Å². The van der Waals surface area contributed by atoms with Crippen LogP contribution in [0.25, 0.3) is 22.2 Å². The van der Waals surface area contributed by atoms with Crippen molar-refractivity contribution in [3.05, 3.63) is 84.9 Å². The SMILES string of the molecule is CNC(=O)c1ncccc1Oc1ccc2c(c1)nc(Nc1cc(-c3ccncc3)ccc1OC)n2C. The molecule has 3 heterocycles. The molecule has 9 nitrogen and oxygen atoms in total. The van der Waals surface area contributed by atoms with Crippen molar-refractivity contribution in [3.63, 3.8) is 0 Å². The number of rotatable bonds is 7. The highest BCUT2D eigenvalue weighted by atomic mass is 16.5. The molecule has 9 heteroatoms. The number of hydrogen-bond acceptors (Lipinski definition) is 7. The first-order valence-electron chi connectivity index (χ1n) is 11.2. The van der Waals surface area contributed by atoms with Gasteiger partial charge in [0.1, 0.15) is 11.5 Å². The number of nitrogens with zero attached hydrogens (tertiary/aromatic N) is 4. The Morgan fingerprint density at radius 2 is 1.78 bits per heavy atom. The fraction of sp³-hybridized carbons (Fsp3) is 0.111. The van der Waals surface area contributed by atoms with Gasteiger partial charge in [-0.15, -0.1) is 0 Å². The highest BCUT2D eigenvalue weighted by Crippen LogP contribution is 2.34. The topological polar surface area (TPSA) is 103 Å². The van der Waals surface area contributed by atoms with Crippen molar-refractivity contribution < 1.29 is 14.3 Å². The summed E-state index contributed by atoms with van der Waals surface area (Å²) in [6.07, 6.45) is 5.08. The highest BCUT2D eigenvalue weighted by Gasteiger charge is 2.15. The van der Waals surface area contributed by atoms with Crippen molar-refractivity contribution in [2.45, 2.75) is 0 Å². The molecule has 36 heavy (non-hydrogen) atoms. The van der Waals surface area contributed by atoms with Crippen LogP contribution in [-0.4, -0.2) is 39.6 Å². The molecule has 0 bridgehead atoms. The zero-order chi connectivity index (χ0) is 25.1. The van der Waals surface area contributed by atoms with Gasteiger partial charge in [-0.2, -0.15) is 0 Å². The first-order valence-corrected chi connectivity index (χ1v) is 11.2. The predicted octanol–water partition coefficient (Wildman–Crippen LogP) is 4.93. The van der Waals surface area contributed by atoms with Gasteiger partial charge in [0.05, 0.1) is 23.8 Å². The van der Waals surface area contributed by atoms with Gasteiger partial charge >= 0.3 is 0 Å². The number of aryl methyl sites for hydroxylation is 1. The molecule has 0 atom stereocenters. The summed E-state index contributed by atoms with van der Waals surface area (Å²) in [5, 5.41) is 5.98. The van der Waals surface area contributed by atoms with Gasteiger partial charge in [-0.3, -0.25) is 9.78 Å². The van der Waals surface area contributed by atoms with Crippen LogP contribution in [0.5, 0.6) is 17.2 Å². The Hall–Kier alpha value is -4.92. The Kier molecular flexibility index (Phi) is 6.19. The number of amides is 1. The van der Waals surface area contributed by atoms with Gasteiger partial charge in [0, 0.05) is 38.8 Å². The Morgan fingerprint density at radius 3 is 2.56 bits per heavy atom. The molecule has 0 aliphatic heterocycles. The van der Waals surface area contributed by atoms with E-state index in [1.54, 1.807) is 44.9 Å². The molecule has 0 unspecified atom stereocenters. The molecule has 2 N–H and O–H groups in total. The van der Waals surface area contributed by atoms with Crippen molar-refractivity contribution >= 4 is 28.6 Å². The van der Waals surface area contributed by atoms with Gasteiger partial charge in [0.2, 0.25) is 5.95 Å². The van der Waals surface area contributed by atoms with E-state index in [1.165, 1.54) is 0 Å². The van der Waals surface area contributed by atoms with E-state index < -0.39 is 0 Å². The fourth-order valence-electron chi connectivity index (χ4n) is 3.89. The molecule has 0 saturated heterocycles. The summed E-state index contributed by atoms with van der Waals surface area (Å²) in [6.45, 7) is 0. The van der Waals surface area contributed by atoms with Crippen LogP contribution in [0.4, 0.5) is 11.6 Å². The normalized spacial score (nSPS) is 10.8. The second-order valence-electron chi connectivity index (χ2n) is 7.95. The van der Waals surface area contributed by atoms with Gasteiger partial charge in [0.25, 0.3) is 5.91 Å². The van der Waals surface area contributed by atoms with Crippen LogP contribution in [0.3, 0.4) is 0 Å². The van der Waals surface area contributed by atoms with Crippen LogP contribution in [0, 0.1) is 0 Å². The number of imidazole rings is 1. The molecule has 5 aromatic rings. The van der Waals surface area contributed by atoms with Crippen molar-refractivity contribution in [2.24, 2.45) is 7.05 Å². The molecule has 0 fully saturated rings. The number of anilines is 2. The fourth-order valence-corrected chi connectivity index (χ4v) is 3.89. The minimum atomic E-state index is -0.320. The summed E-state index contributed by atoms with van der Waals surface area (Å²) in [6, 6.07) is 18.9. The Balaban J connectivity index is 1.46. The third-order valence-electron chi connectivity index (χ3n) is 5.75. The van der Waals surface area contributed by atoms with Crippen LogP contribution < -0.4 is 20.1 Å².